The van der Waals surface area contributed by atoms with Crippen LogP contribution >= 0.6 is 0 Å². The normalized spacial score (nSPS) is 12.1. The Balaban J connectivity index is 1.61. The summed E-state index contributed by atoms with van der Waals surface area (Å²) in [7, 11) is 0. The van der Waals surface area contributed by atoms with Crippen molar-refractivity contribution in [2.24, 2.45) is 5.73 Å². The lowest BCUT2D eigenvalue weighted by Gasteiger charge is -2.18. The molecule has 3 N–H and O–H groups in total. The number of pyridine rings is 1. The number of benzene rings is 2. The number of ether oxygens (including phenoxy) is 1. The fourth-order valence-electron chi connectivity index (χ4n) is 3.64. The van der Waals surface area contributed by atoms with Crippen LogP contribution in [0.3, 0.4) is 0 Å². The summed E-state index contributed by atoms with van der Waals surface area (Å²) >= 11 is 0. The topological polar surface area (TPSA) is 81.7 Å². The number of hydrogen-bond acceptors (Lipinski definition) is 4. The summed E-state index contributed by atoms with van der Waals surface area (Å²) in [6.45, 7) is 0.937. The molecule has 0 bridgehead atoms. The average molecular weight is 490 g/mol. The minimum absolute atomic E-state index is 0.0875. The summed E-state index contributed by atoms with van der Waals surface area (Å²) < 4.78 is 74.9. The molecule has 6 nitrogen and oxygen atoms in total. The van der Waals surface area contributed by atoms with Crippen LogP contribution in [0.2, 0.25) is 0 Å². The summed E-state index contributed by atoms with van der Waals surface area (Å²) in [5.41, 5.74) is 6.16. The summed E-state index contributed by atoms with van der Waals surface area (Å²) in [6.07, 6.45) is 1.53. The number of carbonyl (C=O) groups is 1. The van der Waals surface area contributed by atoms with Gasteiger partial charge in [0, 0.05) is 24.9 Å². The summed E-state index contributed by atoms with van der Waals surface area (Å²) in [6, 6.07) is 6.52. The zero-order valence-electron chi connectivity index (χ0n) is 18.3. The molecular weight excluding hydrogens is 471 g/mol. The number of nitrogens with one attached hydrogen (secondary N) is 1. The van der Waals surface area contributed by atoms with Gasteiger partial charge in [0.15, 0.2) is 23.0 Å². The van der Waals surface area contributed by atoms with E-state index in [9.17, 15) is 26.7 Å². The highest BCUT2D eigenvalue weighted by Gasteiger charge is 2.23. The molecule has 4 aromatic rings. The number of rotatable bonds is 7. The third-order valence-electron chi connectivity index (χ3n) is 5.37. The predicted octanol–water partition coefficient (Wildman–Crippen LogP) is 4.35. The number of imidazole rings is 1. The molecule has 1 atom stereocenters. The van der Waals surface area contributed by atoms with E-state index >= 15 is 0 Å². The van der Waals surface area contributed by atoms with Gasteiger partial charge in [-0.3, -0.25) is 9.20 Å². The second-order valence-corrected chi connectivity index (χ2v) is 7.68. The Bertz CT molecular complexity index is 1400. The lowest BCUT2D eigenvalue weighted by atomic mass is 10.1. The first-order chi connectivity index (χ1) is 16.7. The third-order valence-corrected chi connectivity index (χ3v) is 5.37. The van der Waals surface area contributed by atoms with Crippen molar-refractivity contribution in [3.8, 4) is 5.75 Å². The van der Waals surface area contributed by atoms with E-state index < -0.39 is 53.2 Å². The number of fused-ring (bicyclic) bond motifs is 1. The number of aryl methyl sites for hydroxylation is 1. The zero-order valence-corrected chi connectivity index (χ0v) is 18.3. The van der Waals surface area contributed by atoms with Crippen LogP contribution in [-0.2, 0) is 6.61 Å². The van der Waals surface area contributed by atoms with Crippen molar-refractivity contribution in [2.45, 2.75) is 19.6 Å². The van der Waals surface area contributed by atoms with Gasteiger partial charge in [-0.25, -0.2) is 26.9 Å². The molecule has 11 heteroatoms. The first kappa shape index (κ1) is 24.1. The van der Waals surface area contributed by atoms with Crippen LogP contribution in [0.25, 0.3) is 5.65 Å². The predicted molar refractivity (Wildman–Crippen MR) is 116 cm³/mol. The van der Waals surface area contributed by atoms with Gasteiger partial charge in [0.2, 0.25) is 0 Å². The molecule has 0 fully saturated rings. The molecule has 1 unspecified atom stereocenters. The van der Waals surface area contributed by atoms with E-state index in [1.54, 1.807) is 6.92 Å². The van der Waals surface area contributed by atoms with E-state index in [4.69, 9.17) is 10.5 Å². The highest BCUT2D eigenvalue weighted by atomic mass is 19.2. The van der Waals surface area contributed by atoms with Crippen LogP contribution in [0.5, 0.6) is 5.75 Å². The Kier molecular flexibility index (Phi) is 6.70. The van der Waals surface area contributed by atoms with Gasteiger partial charge in [-0.15, -0.1) is 0 Å². The lowest BCUT2D eigenvalue weighted by molar-refractivity contribution is 0.0931. The molecule has 1 amide bonds. The highest BCUT2D eigenvalue weighted by Crippen LogP contribution is 2.25. The van der Waals surface area contributed by atoms with Gasteiger partial charge in [0.1, 0.15) is 29.8 Å². The smallest absolute Gasteiger partial charge is 0.270 e. The minimum Gasteiger partial charge on any atom is -0.485 e. The van der Waals surface area contributed by atoms with Crippen LogP contribution < -0.4 is 15.8 Å². The van der Waals surface area contributed by atoms with E-state index in [0.717, 1.165) is 12.1 Å². The molecule has 0 spiro atoms. The van der Waals surface area contributed by atoms with Crippen molar-refractivity contribution in [1.82, 2.24) is 14.7 Å². The van der Waals surface area contributed by atoms with Crippen molar-refractivity contribution >= 4 is 11.6 Å². The molecule has 2 heterocycles. The minimum atomic E-state index is -1.10. The van der Waals surface area contributed by atoms with E-state index in [1.165, 1.54) is 28.8 Å². The van der Waals surface area contributed by atoms with Crippen LogP contribution in [0.1, 0.15) is 33.4 Å². The maximum absolute atomic E-state index is 14.0. The van der Waals surface area contributed by atoms with E-state index in [-0.39, 0.29) is 29.2 Å². The first-order valence-electron chi connectivity index (χ1n) is 10.4. The number of hydrogen-bond donors (Lipinski definition) is 2. The molecule has 35 heavy (non-hydrogen) atoms. The van der Waals surface area contributed by atoms with Gasteiger partial charge >= 0.3 is 0 Å². The van der Waals surface area contributed by atoms with Crippen molar-refractivity contribution in [1.29, 1.82) is 0 Å². The average Bonchev–Trinajstić information content (AvgIpc) is 3.15. The maximum Gasteiger partial charge on any atom is 0.270 e. The molecule has 0 aliphatic rings. The number of aromatic nitrogens is 2. The summed E-state index contributed by atoms with van der Waals surface area (Å²) in [4.78, 5) is 17.4. The fourth-order valence-corrected chi connectivity index (χ4v) is 3.64. The second-order valence-electron chi connectivity index (χ2n) is 7.68. The van der Waals surface area contributed by atoms with Crippen LogP contribution in [0, 0.1) is 36.0 Å². The Morgan fingerprint density at radius 3 is 2.43 bits per heavy atom. The molecule has 0 saturated carbocycles. The largest absolute Gasteiger partial charge is 0.485 e. The van der Waals surface area contributed by atoms with Crippen LogP contribution in [0.4, 0.5) is 22.0 Å². The van der Waals surface area contributed by atoms with Crippen molar-refractivity contribution in [3.63, 3.8) is 0 Å². The maximum atomic E-state index is 14.0. The van der Waals surface area contributed by atoms with Gasteiger partial charge < -0.3 is 15.8 Å². The highest BCUT2D eigenvalue weighted by molar-refractivity contribution is 5.95. The number of nitrogens with two attached hydrogens (primary N) is 1. The molecule has 182 valence electrons. The van der Waals surface area contributed by atoms with E-state index in [0.29, 0.717) is 17.8 Å². The third kappa shape index (κ3) is 4.80. The molecule has 0 radical (unpaired) electrons. The second kappa shape index (κ2) is 9.71. The molecule has 4 rings (SSSR count). The standard InChI is InChI=1S/C24H19F5N4O2/c1-12-22(24(34)32-20(10-30)13-4-5-16(26)19(29)7-13)33-6-2-3-21(23(33)31-12)35-11-15-17(27)8-14(25)9-18(15)28/h2-9,20H,10-11,30H2,1H3,(H,32,34). The SMILES string of the molecule is Cc1nc2c(OCc3c(F)cc(F)cc3F)cccn2c1C(=O)NC(CN)c1ccc(F)c(F)c1. The lowest BCUT2D eigenvalue weighted by Crippen LogP contribution is -2.34. The Hall–Kier alpha value is -3.99. The fraction of sp³-hybridized carbons (Fsp3) is 0.167. The monoisotopic (exact) mass is 490 g/mol. The van der Waals surface area contributed by atoms with Crippen LogP contribution in [0.15, 0.2) is 48.7 Å². The molecular formula is C24H19F5N4O2. The number of halogens is 5. The van der Waals surface area contributed by atoms with Gasteiger partial charge in [-0.2, -0.15) is 0 Å². The molecule has 0 aliphatic carbocycles. The van der Waals surface area contributed by atoms with Gasteiger partial charge in [-0.05, 0) is 36.8 Å². The zero-order chi connectivity index (χ0) is 25.3. The van der Waals surface area contributed by atoms with E-state index in [2.05, 4.69) is 10.3 Å². The quantitative estimate of drug-likeness (QED) is 0.378. The van der Waals surface area contributed by atoms with E-state index in [1.807, 2.05) is 0 Å². The number of nitrogens with zero attached hydrogens (tertiary/aromatic N) is 2. The van der Waals surface area contributed by atoms with Crippen LogP contribution in [-0.4, -0.2) is 21.8 Å². The van der Waals surface area contributed by atoms with Crippen molar-refractivity contribution < 1.29 is 31.5 Å². The Morgan fingerprint density at radius 2 is 1.77 bits per heavy atom. The molecule has 2 aromatic carbocycles. The van der Waals surface area contributed by atoms with Gasteiger partial charge in [-0.1, -0.05) is 6.07 Å². The molecule has 0 aliphatic heterocycles. The summed E-state index contributed by atoms with van der Waals surface area (Å²) in [5.74, 6) is -5.82. The van der Waals surface area contributed by atoms with Gasteiger partial charge in [0.25, 0.3) is 5.91 Å². The Labute approximate surface area is 196 Å². The Morgan fingerprint density at radius 1 is 1.06 bits per heavy atom. The number of carbonyl (C=O) groups excluding carboxylic acids is 1. The first-order valence-corrected chi connectivity index (χ1v) is 10.4. The summed E-state index contributed by atoms with van der Waals surface area (Å²) in [5, 5.41) is 2.67. The molecule has 2 aromatic heterocycles. The molecule has 0 saturated heterocycles. The van der Waals surface area contributed by atoms with Crippen molar-refractivity contribution in [2.75, 3.05) is 6.54 Å². The number of amides is 1. The van der Waals surface area contributed by atoms with Crippen molar-refractivity contribution in [3.05, 3.63) is 100 Å². The van der Waals surface area contributed by atoms with Gasteiger partial charge in [0.05, 0.1) is 17.3 Å².